The largest absolute Gasteiger partial charge is 0.480 e. The summed E-state index contributed by atoms with van der Waals surface area (Å²) in [7, 11) is 0. The Morgan fingerprint density at radius 3 is 2.43 bits per heavy atom. The fourth-order valence-electron chi connectivity index (χ4n) is 3.00. The second kappa shape index (κ2) is 6.45. The molecule has 0 aromatic heterocycles. The van der Waals surface area contributed by atoms with Crippen LogP contribution in [0, 0.1) is 12.3 Å². The summed E-state index contributed by atoms with van der Waals surface area (Å²) in [6.07, 6.45) is 8.59. The fourth-order valence-corrected chi connectivity index (χ4v) is 3.00. The van der Waals surface area contributed by atoms with E-state index in [1.165, 1.54) is 0 Å². The minimum Gasteiger partial charge on any atom is -0.480 e. The highest BCUT2D eigenvalue weighted by Gasteiger charge is 2.43. The molecule has 0 saturated heterocycles. The summed E-state index contributed by atoms with van der Waals surface area (Å²) in [5, 5.41) is 11.8. The van der Waals surface area contributed by atoms with Crippen LogP contribution in [-0.2, 0) is 15.0 Å². The topological polar surface area (TPSA) is 66.4 Å². The molecule has 1 aliphatic carbocycles. The van der Waals surface area contributed by atoms with Crippen molar-refractivity contribution >= 4 is 11.9 Å². The maximum Gasteiger partial charge on any atom is 0.327 e. The second-order valence-corrected chi connectivity index (χ2v) is 5.43. The molecule has 0 aliphatic heterocycles. The molecule has 0 radical (unpaired) electrons. The number of carboxylic acids is 1. The third-order valence-corrected chi connectivity index (χ3v) is 4.14. The van der Waals surface area contributed by atoms with E-state index < -0.39 is 17.4 Å². The van der Waals surface area contributed by atoms with Gasteiger partial charge in [-0.2, -0.15) is 0 Å². The zero-order valence-corrected chi connectivity index (χ0v) is 11.8. The van der Waals surface area contributed by atoms with Crippen molar-refractivity contribution in [3.63, 3.8) is 0 Å². The monoisotopic (exact) mass is 285 g/mol. The number of carbonyl (C=O) groups is 2. The first-order chi connectivity index (χ1) is 10.1. The predicted molar refractivity (Wildman–Crippen MR) is 79.6 cm³/mol. The summed E-state index contributed by atoms with van der Waals surface area (Å²) < 4.78 is 0. The van der Waals surface area contributed by atoms with E-state index in [4.69, 9.17) is 11.5 Å². The van der Waals surface area contributed by atoms with Gasteiger partial charge < -0.3 is 10.4 Å². The van der Waals surface area contributed by atoms with Crippen LogP contribution in [0.4, 0.5) is 0 Å². The molecule has 4 heteroatoms. The average Bonchev–Trinajstić information content (AvgIpc) is 2.98. The molecule has 0 heterocycles. The Kier molecular flexibility index (Phi) is 4.64. The summed E-state index contributed by atoms with van der Waals surface area (Å²) in [4.78, 5) is 23.9. The maximum atomic E-state index is 12.7. The third-order valence-electron chi connectivity index (χ3n) is 4.14. The average molecular weight is 285 g/mol. The highest BCUT2D eigenvalue weighted by Crippen LogP contribution is 2.41. The van der Waals surface area contributed by atoms with Crippen LogP contribution in [0.3, 0.4) is 0 Å². The van der Waals surface area contributed by atoms with Crippen molar-refractivity contribution in [3.8, 4) is 12.3 Å². The first-order valence-corrected chi connectivity index (χ1v) is 7.13. The molecule has 0 spiro atoms. The standard InChI is InChI=1S/C17H19NO3/c1-2-8-14(15(19)20)18-16(21)17(11-6-7-12-17)13-9-4-3-5-10-13/h1,3-5,9-10,14H,6-8,11-12H2,(H,18,21)(H,19,20). The highest BCUT2D eigenvalue weighted by atomic mass is 16.4. The molecule has 110 valence electrons. The van der Waals surface area contributed by atoms with Crippen LogP contribution in [0.1, 0.15) is 37.7 Å². The molecule has 1 aromatic rings. The first-order valence-electron chi connectivity index (χ1n) is 7.13. The molecule has 1 fully saturated rings. The number of hydrogen-bond donors (Lipinski definition) is 2. The Hall–Kier alpha value is -2.28. The number of carboxylic acid groups (broad SMARTS) is 1. The number of amides is 1. The number of aliphatic carboxylic acids is 1. The van der Waals surface area contributed by atoms with Crippen molar-refractivity contribution in [3.05, 3.63) is 35.9 Å². The predicted octanol–water partition coefficient (Wildman–Crippen LogP) is 2.09. The van der Waals surface area contributed by atoms with Gasteiger partial charge in [0, 0.05) is 6.42 Å². The molecule has 1 saturated carbocycles. The van der Waals surface area contributed by atoms with Gasteiger partial charge in [-0.3, -0.25) is 4.79 Å². The first kappa shape index (κ1) is 15.1. The van der Waals surface area contributed by atoms with Crippen molar-refractivity contribution in [2.24, 2.45) is 0 Å². The molecule has 1 atom stereocenters. The van der Waals surface area contributed by atoms with Gasteiger partial charge in [-0.05, 0) is 18.4 Å². The Morgan fingerprint density at radius 2 is 1.90 bits per heavy atom. The van der Waals surface area contributed by atoms with Crippen LogP contribution < -0.4 is 5.32 Å². The van der Waals surface area contributed by atoms with Gasteiger partial charge in [-0.25, -0.2) is 4.79 Å². The lowest BCUT2D eigenvalue weighted by Gasteiger charge is -2.29. The van der Waals surface area contributed by atoms with Gasteiger partial charge in [0.25, 0.3) is 0 Å². The van der Waals surface area contributed by atoms with E-state index in [2.05, 4.69) is 11.2 Å². The maximum absolute atomic E-state index is 12.7. The summed E-state index contributed by atoms with van der Waals surface area (Å²) >= 11 is 0. The van der Waals surface area contributed by atoms with Crippen molar-refractivity contribution in [1.82, 2.24) is 5.32 Å². The van der Waals surface area contributed by atoms with Gasteiger partial charge >= 0.3 is 5.97 Å². The quantitative estimate of drug-likeness (QED) is 0.814. The van der Waals surface area contributed by atoms with Crippen LogP contribution in [0.15, 0.2) is 30.3 Å². The van der Waals surface area contributed by atoms with Crippen LogP contribution in [0.5, 0.6) is 0 Å². The Balaban J connectivity index is 2.25. The smallest absolute Gasteiger partial charge is 0.327 e. The fraction of sp³-hybridized carbons (Fsp3) is 0.412. The van der Waals surface area contributed by atoms with E-state index >= 15 is 0 Å². The van der Waals surface area contributed by atoms with E-state index in [-0.39, 0.29) is 12.3 Å². The van der Waals surface area contributed by atoms with Gasteiger partial charge in [-0.15, -0.1) is 12.3 Å². The normalized spacial score (nSPS) is 17.7. The molecular formula is C17H19NO3. The molecule has 4 nitrogen and oxygen atoms in total. The number of carbonyl (C=O) groups excluding carboxylic acids is 1. The SMILES string of the molecule is C#CCC(NC(=O)C1(c2ccccc2)CCCC1)C(=O)O. The van der Waals surface area contributed by atoms with E-state index in [0.717, 1.165) is 31.2 Å². The highest BCUT2D eigenvalue weighted by molar-refractivity contribution is 5.91. The molecular weight excluding hydrogens is 266 g/mol. The number of rotatable bonds is 5. The molecule has 1 amide bonds. The Morgan fingerprint density at radius 1 is 1.29 bits per heavy atom. The van der Waals surface area contributed by atoms with E-state index in [9.17, 15) is 9.59 Å². The summed E-state index contributed by atoms with van der Waals surface area (Å²) in [6, 6.07) is 8.55. The van der Waals surface area contributed by atoms with Gasteiger partial charge in [0.15, 0.2) is 0 Å². The van der Waals surface area contributed by atoms with Gasteiger partial charge in [0.05, 0.1) is 5.41 Å². The van der Waals surface area contributed by atoms with Gasteiger partial charge in [-0.1, -0.05) is 43.2 Å². The minimum atomic E-state index is -1.09. The number of hydrogen-bond acceptors (Lipinski definition) is 2. The van der Waals surface area contributed by atoms with Crippen molar-refractivity contribution < 1.29 is 14.7 Å². The van der Waals surface area contributed by atoms with Crippen LogP contribution in [0.25, 0.3) is 0 Å². The molecule has 2 rings (SSSR count). The lowest BCUT2D eigenvalue weighted by atomic mass is 9.78. The van der Waals surface area contributed by atoms with Crippen molar-refractivity contribution in [2.75, 3.05) is 0 Å². The van der Waals surface area contributed by atoms with E-state index in [1.807, 2.05) is 30.3 Å². The summed E-state index contributed by atoms with van der Waals surface area (Å²) in [5.41, 5.74) is 0.327. The number of benzene rings is 1. The molecule has 1 aliphatic rings. The zero-order valence-electron chi connectivity index (χ0n) is 11.8. The molecule has 21 heavy (non-hydrogen) atoms. The Labute approximate surface area is 124 Å². The van der Waals surface area contributed by atoms with Crippen LogP contribution in [0.2, 0.25) is 0 Å². The van der Waals surface area contributed by atoms with E-state index in [0.29, 0.717) is 0 Å². The summed E-state index contributed by atoms with van der Waals surface area (Å²) in [5.74, 6) is 0.979. The second-order valence-electron chi connectivity index (χ2n) is 5.43. The third kappa shape index (κ3) is 3.08. The lowest BCUT2D eigenvalue weighted by molar-refractivity contribution is -0.142. The van der Waals surface area contributed by atoms with Crippen molar-refractivity contribution in [2.45, 2.75) is 43.6 Å². The minimum absolute atomic E-state index is 0.00799. The van der Waals surface area contributed by atoms with E-state index in [1.54, 1.807) is 0 Å². The lowest BCUT2D eigenvalue weighted by Crippen LogP contribution is -2.49. The molecule has 0 bridgehead atoms. The van der Waals surface area contributed by atoms with Gasteiger partial charge in [0.1, 0.15) is 6.04 Å². The summed E-state index contributed by atoms with van der Waals surface area (Å²) in [6.45, 7) is 0. The Bertz CT molecular complexity index is 553. The molecule has 2 N–H and O–H groups in total. The van der Waals surface area contributed by atoms with Crippen molar-refractivity contribution in [1.29, 1.82) is 0 Å². The molecule has 1 aromatic carbocycles. The number of terminal acetylenes is 1. The molecule has 1 unspecified atom stereocenters. The zero-order chi connectivity index (χ0) is 15.3. The van der Waals surface area contributed by atoms with Crippen LogP contribution in [-0.4, -0.2) is 23.0 Å². The number of nitrogens with one attached hydrogen (secondary N) is 1. The van der Waals surface area contributed by atoms with Gasteiger partial charge in [0.2, 0.25) is 5.91 Å². The van der Waals surface area contributed by atoms with Crippen LogP contribution >= 0.6 is 0 Å².